The second-order valence-corrected chi connectivity index (χ2v) is 5.56. The number of anilines is 1. The van der Waals surface area contributed by atoms with Crippen molar-refractivity contribution in [3.63, 3.8) is 0 Å². The molecule has 2 atom stereocenters. The zero-order valence-electron chi connectivity index (χ0n) is 13.6. The summed E-state index contributed by atoms with van der Waals surface area (Å²) in [5.41, 5.74) is 2.42. The van der Waals surface area contributed by atoms with E-state index < -0.39 is 6.10 Å². The van der Waals surface area contributed by atoms with Crippen molar-refractivity contribution in [2.24, 2.45) is 0 Å². The number of amides is 1. The minimum atomic E-state index is -0.403. The van der Waals surface area contributed by atoms with Crippen LogP contribution in [0.3, 0.4) is 0 Å². The number of β-amino-alcohol motifs (C(OH)–C–C–N with tert-alkyl or cyclic N) is 1. The monoisotopic (exact) mass is 363 g/mol. The first-order valence-electron chi connectivity index (χ1n) is 7.61. The standard InChI is InChI=1S/C16H25N3O2.2ClH/c1-3-19(13-6-4-5-12(2)9-13)8-7-17-16(21)15-10-14(20)11-18-15;;/h4-6,9,14-15,18,20H,3,7-8,10-11H2,1-2H3,(H,17,21);2*1H. The number of nitrogens with zero attached hydrogens (tertiary/aromatic N) is 1. The van der Waals surface area contributed by atoms with E-state index in [1.54, 1.807) is 0 Å². The highest BCUT2D eigenvalue weighted by Gasteiger charge is 2.27. The van der Waals surface area contributed by atoms with Gasteiger partial charge in [0, 0.05) is 31.9 Å². The van der Waals surface area contributed by atoms with Gasteiger partial charge in [0.15, 0.2) is 0 Å². The Labute approximate surface area is 150 Å². The van der Waals surface area contributed by atoms with Gasteiger partial charge in [-0.3, -0.25) is 4.79 Å². The molecule has 0 bridgehead atoms. The zero-order valence-corrected chi connectivity index (χ0v) is 15.3. The van der Waals surface area contributed by atoms with Crippen molar-refractivity contribution >= 4 is 36.4 Å². The molecule has 0 aliphatic carbocycles. The summed E-state index contributed by atoms with van der Waals surface area (Å²) in [6.07, 6.45) is 0.0986. The van der Waals surface area contributed by atoms with Crippen LogP contribution in [0.15, 0.2) is 24.3 Å². The Kier molecular flexibility index (Phi) is 10.2. The normalized spacial score (nSPS) is 19.4. The predicted octanol–water partition coefficient (Wildman–Crippen LogP) is 1.50. The number of benzene rings is 1. The lowest BCUT2D eigenvalue weighted by Gasteiger charge is -2.24. The molecular formula is C16H27Cl2N3O2. The Morgan fingerprint density at radius 1 is 1.43 bits per heavy atom. The first-order chi connectivity index (χ1) is 10.1. The number of aliphatic hydroxyl groups excluding tert-OH is 1. The van der Waals surface area contributed by atoms with Crippen LogP contribution in [-0.2, 0) is 4.79 Å². The van der Waals surface area contributed by atoms with Gasteiger partial charge in [0.25, 0.3) is 0 Å². The van der Waals surface area contributed by atoms with Crippen molar-refractivity contribution in [3.8, 4) is 0 Å². The third-order valence-corrected chi connectivity index (χ3v) is 3.85. The molecule has 1 aliphatic rings. The van der Waals surface area contributed by atoms with E-state index in [1.165, 1.54) is 11.3 Å². The zero-order chi connectivity index (χ0) is 15.2. The van der Waals surface area contributed by atoms with Gasteiger partial charge in [-0.1, -0.05) is 12.1 Å². The smallest absolute Gasteiger partial charge is 0.237 e. The molecule has 1 amide bonds. The minimum Gasteiger partial charge on any atom is -0.392 e. The van der Waals surface area contributed by atoms with Crippen molar-refractivity contribution in [1.82, 2.24) is 10.6 Å². The van der Waals surface area contributed by atoms with E-state index in [1.807, 2.05) is 0 Å². The molecule has 1 saturated heterocycles. The lowest BCUT2D eigenvalue weighted by atomic mass is 10.2. The number of aryl methyl sites for hydroxylation is 1. The number of hydrogen-bond donors (Lipinski definition) is 3. The maximum absolute atomic E-state index is 11.9. The molecule has 1 heterocycles. The van der Waals surface area contributed by atoms with Crippen LogP contribution < -0.4 is 15.5 Å². The fourth-order valence-corrected chi connectivity index (χ4v) is 2.65. The maximum Gasteiger partial charge on any atom is 0.237 e. The molecule has 3 N–H and O–H groups in total. The Hall–Kier alpha value is -1.01. The van der Waals surface area contributed by atoms with Gasteiger partial charge in [-0.25, -0.2) is 0 Å². The molecule has 0 spiro atoms. The molecule has 0 saturated carbocycles. The largest absolute Gasteiger partial charge is 0.392 e. The van der Waals surface area contributed by atoms with E-state index in [9.17, 15) is 9.90 Å². The highest BCUT2D eigenvalue weighted by molar-refractivity contribution is 5.85. The molecule has 1 aromatic rings. The first-order valence-corrected chi connectivity index (χ1v) is 7.61. The van der Waals surface area contributed by atoms with E-state index in [0.29, 0.717) is 19.5 Å². The number of halogens is 2. The van der Waals surface area contributed by atoms with Crippen LogP contribution in [0, 0.1) is 6.92 Å². The molecule has 2 unspecified atom stereocenters. The fourth-order valence-electron chi connectivity index (χ4n) is 2.65. The van der Waals surface area contributed by atoms with Gasteiger partial charge in [-0.15, -0.1) is 24.8 Å². The van der Waals surface area contributed by atoms with Gasteiger partial charge < -0.3 is 20.6 Å². The van der Waals surface area contributed by atoms with Crippen molar-refractivity contribution in [3.05, 3.63) is 29.8 Å². The second-order valence-electron chi connectivity index (χ2n) is 5.56. The SMILES string of the molecule is CCN(CCNC(=O)C1CC(O)CN1)c1cccc(C)c1.Cl.Cl. The van der Waals surface area contributed by atoms with Crippen LogP contribution in [0.25, 0.3) is 0 Å². The molecule has 132 valence electrons. The Bertz CT molecular complexity index is 488. The number of carbonyl (C=O) groups excluding carboxylic acids is 1. The fraction of sp³-hybridized carbons (Fsp3) is 0.562. The van der Waals surface area contributed by atoms with E-state index in [4.69, 9.17) is 0 Å². The first kappa shape index (κ1) is 22.0. The van der Waals surface area contributed by atoms with Crippen LogP contribution in [0.2, 0.25) is 0 Å². The number of nitrogens with one attached hydrogen (secondary N) is 2. The average Bonchev–Trinajstić information content (AvgIpc) is 2.90. The van der Waals surface area contributed by atoms with Crippen molar-refractivity contribution in [2.45, 2.75) is 32.4 Å². The van der Waals surface area contributed by atoms with Gasteiger partial charge in [0.05, 0.1) is 12.1 Å². The number of rotatable bonds is 6. The Morgan fingerprint density at radius 2 is 2.17 bits per heavy atom. The molecule has 0 radical (unpaired) electrons. The molecule has 5 nitrogen and oxygen atoms in total. The van der Waals surface area contributed by atoms with Crippen molar-refractivity contribution in [1.29, 1.82) is 0 Å². The Balaban J connectivity index is 0.00000242. The number of carbonyl (C=O) groups is 1. The molecule has 23 heavy (non-hydrogen) atoms. The summed E-state index contributed by atoms with van der Waals surface area (Å²) in [5.74, 6) is -0.0214. The van der Waals surface area contributed by atoms with Crippen molar-refractivity contribution < 1.29 is 9.90 Å². The highest BCUT2D eigenvalue weighted by Crippen LogP contribution is 2.15. The summed E-state index contributed by atoms with van der Waals surface area (Å²) in [6.45, 7) is 6.98. The molecule has 2 rings (SSSR count). The highest BCUT2D eigenvalue weighted by atomic mass is 35.5. The third kappa shape index (κ3) is 6.55. The molecule has 1 aromatic carbocycles. The van der Waals surface area contributed by atoms with E-state index in [-0.39, 0.29) is 36.8 Å². The van der Waals surface area contributed by atoms with Gasteiger partial charge in [0.2, 0.25) is 5.91 Å². The van der Waals surface area contributed by atoms with Crippen molar-refractivity contribution in [2.75, 3.05) is 31.1 Å². The van der Waals surface area contributed by atoms with Gasteiger partial charge in [0.1, 0.15) is 0 Å². The topological polar surface area (TPSA) is 64.6 Å². The minimum absolute atomic E-state index is 0. The van der Waals surface area contributed by atoms with Crippen LogP contribution in [-0.4, -0.2) is 49.3 Å². The van der Waals surface area contributed by atoms with Gasteiger partial charge in [-0.2, -0.15) is 0 Å². The molecule has 7 heteroatoms. The number of likely N-dealkylation sites (N-methyl/N-ethyl adjacent to an activating group) is 1. The number of aliphatic hydroxyl groups is 1. The third-order valence-electron chi connectivity index (χ3n) is 3.85. The van der Waals surface area contributed by atoms with Gasteiger partial charge in [-0.05, 0) is 38.0 Å². The number of hydrogen-bond acceptors (Lipinski definition) is 4. The summed E-state index contributed by atoms with van der Waals surface area (Å²) in [5, 5.41) is 15.4. The van der Waals surface area contributed by atoms with Crippen LogP contribution in [0.1, 0.15) is 18.9 Å². The molecule has 1 fully saturated rings. The summed E-state index contributed by atoms with van der Waals surface area (Å²) in [4.78, 5) is 14.2. The quantitative estimate of drug-likeness (QED) is 0.716. The maximum atomic E-state index is 11.9. The lowest BCUT2D eigenvalue weighted by Crippen LogP contribution is -2.43. The average molecular weight is 364 g/mol. The van der Waals surface area contributed by atoms with E-state index in [2.05, 4.69) is 53.6 Å². The molecular weight excluding hydrogens is 337 g/mol. The van der Waals surface area contributed by atoms with Gasteiger partial charge >= 0.3 is 0 Å². The summed E-state index contributed by atoms with van der Waals surface area (Å²) >= 11 is 0. The van der Waals surface area contributed by atoms with Crippen LogP contribution in [0.5, 0.6) is 0 Å². The molecule has 1 aliphatic heterocycles. The predicted molar refractivity (Wildman–Crippen MR) is 99.0 cm³/mol. The van der Waals surface area contributed by atoms with Crippen LogP contribution >= 0.6 is 24.8 Å². The summed E-state index contributed by atoms with van der Waals surface area (Å²) in [7, 11) is 0. The summed E-state index contributed by atoms with van der Waals surface area (Å²) in [6, 6.07) is 8.12. The molecule has 0 aromatic heterocycles. The Morgan fingerprint density at radius 3 is 2.74 bits per heavy atom. The van der Waals surface area contributed by atoms with E-state index >= 15 is 0 Å². The van der Waals surface area contributed by atoms with E-state index in [0.717, 1.165) is 13.1 Å². The summed E-state index contributed by atoms with van der Waals surface area (Å²) < 4.78 is 0. The van der Waals surface area contributed by atoms with Crippen LogP contribution in [0.4, 0.5) is 5.69 Å². The lowest BCUT2D eigenvalue weighted by molar-refractivity contribution is -0.122. The second kappa shape index (κ2) is 10.7.